The molecular weight excluding hydrogens is 425 g/mol. The summed E-state index contributed by atoms with van der Waals surface area (Å²) in [7, 11) is -3.74. The van der Waals surface area contributed by atoms with Gasteiger partial charge in [0.2, 0.25) is 15.9 Å². The van der Waals surface area contributed by atoms with Crippen molar-refractivity contribution < 1.29 is 18.0 Å². The number of halogens is 2. The fourth-order valence-corrected chi connectivity index (χ4v) is 4.04. The second-order valence-electron chi connectivity index (χ2n) is 6.04. The average molecular weight is 444 g/mol. The van der Waals surface area contributed by atoms with E-state index in [1.54, 1.807) is 26.0 Å². The van der Waals surface area contributed by atoms with Gasteiger partial charge in [-0.15, -0.1) is 0 Å². The summed E-state index contributed by atoms with van der Waals surface area (Å²) in [5.41, 5.74) is 5.92. The van der Waals surface area contributed by atoms with Crippen molar-refractivity contribution in [3.05, 3.63) is 63.1 Å². The largest absolute Gasteiger partial charge is 0.273 e. The third kappa shape index (κ3) is 5.93. The third-order valence-electron chi connectivity index (χ3n) is 3.77. The maximum atomic E-state index is 12.4. The van der Waals surface area contributed by atoms with E-state index in [2.05, 4.69) is 15.6 Å². The third-order valence-corrected chi connectivity index (χ3v) is 5.93. The molecule has 7 nitrogen and oxygen atoms in total. The number of benzene rings is 2. The minimum Gasteiger partial charge on any atom is -0.273 e. The predicted octanol–water partition coefficient (Wildman–Crippen LogP) is 2.74. The summed E-state index contributed by atoms with van der Waals surface area (Å²) in [6, 6.07) is 9.45. The molecule has 2 aromatic rings. The van der Waals surface area contributed by atoms with Crippen LogP contribution in [0.4, 0.5) is 0 Å². The second-order valence-corrected chi connectivity index (χ2v) is 8.62. The summed E-state index contributed by atoms with van der Waals surface area (Å²) in [4.78, 5) is 24.0. The number of hydrazine groups is 1. The van der Waals surface area contributed by atoms with E-state index in [0.29, 0.717) is 10.6 Å². The predicted molar refractivity (Wildman–Crippen MR) is 108 cm³/mol. The SMILES string of the molecule is Cc1ccc(C)c(S(=O)(=O)NCCC(=O)NNC(=O)c2cc(Cl)ccc2Cl)c1. The fourth-order valence-electron chi connectivity index (χ4n) is 2.30. The van der Waals surface area contributed by atoms with Crippen LogP contribution >= 0.6 is 23.2 Å². The highest BCUT2D eigenvalue weighted by Crippen LogP contribution is 2.20. The van der Waals surface area contributed by atoms with E-state index in [1.165, 1.54) is 18.2 Å². The first-order valence-corrected chi connectivity index (χ1v) is 10.5. The number of sulfonamides is 1. The van der Waals surface area contributed by atoms with Crippen LogP contribution in [0.15, 0.2) is 41.3 Å². The van der Waals surface area contributed by atoms with Crippen LogP contribution in [0.2, 0.25) is 10.0 Å². The molecule has 0 unspecified atom stereocenters. The Morgan fingerprint density at radius 3 is 2.43 bits per heavy atom. The van der Waals surface area contributed by atoms with Gasteiger partial charge in [0.15, 0.2) is 0 Å². The van der Waals surface area contributed by atoms with Crippen LogP contribution in [0.3, 0.4) is 0 Å². The smallest absolute Gasteiger partial charge is 0.271 e. The Hall–Kier alpha value is -2.13. The van der Waals surface area contributed by atoms with Crippen LogP contribution in [0.1, 0.15) is 27.9 Å². The van der Waals surface area contributed by atoms with Gasteiger partial charge in [-0.3, -0.25) is 20.4 Å². The van der Waals surface area contributed by atoms with Crippen LogP contribution in [-0.2, 0) is 14.8 Å². The number of carbonyl (C=O) groups excluding carboxylic acids is 2. The topological polar surface area (TPSA) is 104 Å². The summed E-state index contributed by atoms with van der Waals surface area (Å²) in [6.45, 7) is 3.35. The monoisotopic (exact) mass is 443 g/mol. The minimum atomic E-state index is -3.74. The first-order valence-electron chi connectivity index (χ1n) is 8.21. The van der Waals surface area contributed by atoms with Crippen LogP contribution < -0.4 is 15.6 Å². The van der Waals surface area contributed by atoms with Gasteiger partial charge in [-0.05, 0) is 49.2 Å². The Labute approximate surface area is 173 Å². The zero-order valence-corrected chi connectivity index (χ0v) is 17.5. The minimum absolute atomic E-state index is 0.102. The summed E-state index contributed by atoms with van der Waals surface area (Å²) in [5.74, 6) is -1.22. The molecule has 3 N–H and O–H groups in total. The molecule has 0 saturated carbocycles. The van der Waals surface area contributed by atoms with Gasteiger partial charge in [-0.25, -0.2) is 13.1 Å². The van der Waals surface area contributed by atoms with Crippen molar-refractivity contribution in [3.8, 4) is 0 Å². The number of hydrogen-bond donors (Lipinski definition) is 3. The summed E-state index contributed by atoms with van der Waals surface area (Å²) in [5, 5.41) is 0.499. The Kier molecular flexibility index (Phi) is 7.42. The van der Waals surface area contributed by atoms with Crippen molar-refractivity contribution in [3.63, 3.8) is 0 Å². The Balaban J connectivity index is 1.86. The van der Waals surface area contributed by atoms with Gasteiger partial charge in [-0.2, -0.15) is 0 Å². The van der Waals surface area contributed by atoms with E-state index < -0.39 is 21.8 Å². The summed E-state index contributed by atoms with van der Waals surface area (Å²) < 4.78 is 27.1. The van der Waals surface area contributed by atoms with Crippen molar-refractivity contribution in [2.45, 2.75) is 25.2 Å². The Bertz CT molecular complexity index is 1010. The Morgan fingerprint density at radius 1 is 1.00 bits per heavy atom. The molecule has 0 radical (unpaired) electrons. The zero-order chi connectivity index (χ0) is 20.9. The molecule has 2 amide bonds. The average Bonchev–Trinajstić information content (AvgIpc) is 2.63. The maximum Gasteiger partial charge on any atom is 0.271 e. The maximum absolute atomic E-state index is 12.4. The van der Waals surface area contributed by atoms with Gasteiger partial charge < -0.3 is 0 Å². The van der Waals surface area contributed by atoms with Crippen LogP contribution in [0.25, 0.3) is 0 Å². The molecule has 0 fully saturated rings. The van der Waals surface area contributed by atoms with E-state index in [9.17, 15) is 18.0 Å². The molecule has 0 aliphatic heterocycles. The Morgan fingerprint density at radius 2 is 1.71 bits per heavy atom. The van der Waals surface area contributed by atoms with Gasteiger partial charge in [-0.1, -0.05) is 35.3 Å². The van der Waals surface area contributed by atoms with Crippen molar-refractivity contribution >= 4 is 45.0 Å². The molecule has 0 aliphatic rings. The van der Waals surface area contributed by atoms with Crippen molar-refractivity contribution in [1.29, 1.82) is 0 Å². The lowest BCUT2D eigenvalue weighted by molar-refractivity contribution is -0.121. The lowest BCUT2D eigenvalue weighted by atomic mass is 10.2. The van der Waals surface area contributed by atoms with Crippen LogP contribution in [0, 0.1) is 13.8 Å². The quantitative estimate of drug-likeness (QED) is 0.596. The number of hydrogen-bond acceptors (Lipinski definition) is 4. The highest BCUT2D eigenvalue weighted by atomic mass is 35.5. The first kappa shape index (κ1) is 22.2. The number of rotatable bonds is 6. The summed E-state index contributed by atoms with van der Waals surface area (Å²) in [6.07, 6.45) is -0.173. The first-order chi connectivity index (χ1) is 13.1. The molecule has 0 heterocycles. The molecule has 28 heavy (non-hydrogen) atoms. The molecule has 150 valence electrons. The lowest BCUT2D eigenvalue weighted by Crippen LogP contribution is -2.42. The highest BCUT2D eigenvalue weighted by molar-refractivity contribution is 7.89. The van der Waals surface area contributed by atoms with Crippen molar-refractivity contribution in [2.75, 3.05) is 6.54 Å². The van der Waals surface area contributed by atoms with Gasteiger partial charge in [0, 0.05) is 18.0 Å². The van der Waals surface area contributed by atoms with E-state index in [4.69, 9.17) is 23.2 Å². The van der Waals surface area contributed by atoms with Crippen molar-refractivity contribution in [2.24, 2.45) is 0 Å². The number of aryl methyl sites for hydroxylation is 2. The molecule has 0 aliphatic carbocycles. The van der Waals surface area contributed by atoms with E-state index in [0.717, 1.165) is 5.56 Å². The highest BCUT2D eigenvalue weighted by Gasteiger charge is 2.17. The zero-order valence-electron chi connectivity index (χ0n) is 15.2. The molecule has 0 bridgehead atoms. The van der Waals surface area contributed by atoms with E-state index in [-0.39, 0.29) is 28.4 Å². The van der Waals surface area contributed by atoms with Gasteiger partial charge in [0.05, 0.1) is 15.5 Å². The molecule has 10 heteroatoms. The van der Waals surface area contributed by atoms with E-state index in [1.807, 2.05) is 6.07 Å². The van der Waals surface area contributed by atoms with E-state index >= 15 is 0 Å². The number of amides is 2. The molecular formula is C18H19Cl2N3O4S. The van der Waals surface area contributed by atoms with Crippen LogP contribution in [0.5, 0.6) is 0 Å². The molecule has 0 saturated heterocycles. The molecule has 2 rings (SSSR count). The van der Waals surface area contributed by atoms with Crippen LogP contribution in [-0.4, -0.2) is 26.8 Å². The van der Waals surface area contributed by atoms with Crippen molar-refractivity contribution in [1.82, 2.24) is 15.6 Å². The number of nitrogens with one attached hydrogen (secondary N) is 3. The molecule has 0 atom stereocenters. The number of carbonyl (C=O) groups is 2. The lowest BCUT2D eigenvalue weighted by Gasteiger charge is -2.11. The molecule has 2 aromatic carbocycles. The van der Waals surface area contributed by atoms with Gasteiger partial charge in [0.1, 0.15) is 0 Å². The standard InChI is InChI=1S/C18H19Cl2N3O4S/c1-11-3-4-12(2)16(9-11)28(26,27)21-8-7-17(24)22-23-18(25)14-10-13(19)5-6-15(14)20/h3-6,9-10,21H,7-8H2,1-2H3,(H,22,24)(H,23,25). The molecule has 0 aromatic heterocycles. The van der Waals surface area contributed by atoms with Gasteiger partial charge in [0.25, 0.3) is 5.91 Å². The summed E-state index contributed by atoms with van der Waals surface area (Å²) >= 11 is 11.7. The normalized spacial score (nSPS) is 11.1. The van der Waals surface area contributed by atoms with Gasteiger partial charge >= 0.3 is 0 Å². The molecule has 0 spiro atoms. The second kappa shape index (κ2) is 9.38. The fraction of sp³-hybridized carbons (Fsp3) is 0.222.